The first-order valence-corrected chi connectivity index (χ1v) is 8.98. The van der Waals surface area contributed by atoms with Crippen molar-refractivity contribution in [3.63, 3.8) is 0 Å². The summed E-state index contributed by atoms with van der Waals surface area (Å²) < 4.78 is 5.72. The molecule has 1 unspecified atom stereocenters. The van der Waals surface area contributed by atoms with E-state index in [1.165, 1.54) is 0 Å². The molecule has 4 heteroatoms. The van der Waals surface area contributed by atoms with Crippen LogP contribution in [-0.4, -0.2) is 30.6 Å². The van der Waals surface area contributed by atoms with Gasteiger partial charge in [0.25, 0.3) is 0 Å². The summed E-state index contributed by atoms with van der Waals surface area (Å²) in [6, 6.07) is 19.8. The molecular weight excluding hydrogens is 312 g/mol. The second kappa shape index (κ2) is 10.5. The zero-order chi connectivity index (χ0) is 17.9. The smallest absolute Gasteiger partial charge is 0.408 e. The van der Waals surface area contributed by atoms with Crippen molar-refractivity contribution >= 4 is 6.09 Å². The topological polar surface area (TPSA) is 41.6 Å². The Hall–Kier alpha value is -2.33. The molecule has 1 N–H and O–H groups in total. The Balaban J connectivity index is 1.93. The fourth-order valence-corrected chi connectivity index (χ4v) is 2.74. The normalized spacial score (nSPS) is 12.0. The number of carbonyl (C=O) groups is 1. The van der Waals surface area contributed by atoms with Crippen LogP contribution in [0.4, 0.5) is 4.79 Å². The molecule has 0 aliphatic heterocycles. The van der Waals surface area contributed by atoms with Crippen LogP contribution in [0.1, 0.15) is 37.5 Å². The first kappa shape index (κ1) is 19.0. The van der Waals surface area contributed by atoms with Crippen molar-refractivity contribution in [3.05, 3.63) is 71.8 Å². The average Bonchev–Trinajstić information content (AvgIpc) is 2.67. The van der Waals surface area contributed by atoms with Crippen molar-refractivity contribution in [2.75, 3.05) is 19.6 Å². The van der Waals surface area contributed by atoms with Crippen molar-refractivity contribution < 1.29 is 9.53 Å². The molecule has 0 radical (unpaired) electrons. The van der Waals surface area contributed by atoms with Crippen molar-refractivity contribution in [1.82, 2.24) is 10.2 Å². The fraction of sp³-hybridized carbons (Fsp3) is 0.381. The number of alkyl carbamates (subject to hydrolysis) is 1. The minimum Gasteiger partial charge on any atom is -0.441 e. The van der Waals surface area contributed by atoms with Gasteiger partial charge in [-0.05, 0) is 24.2 Å². The van der Waals surface area contributed by atoms with Gasteiger partial charge in [0.15, 0.2) is 0 Å². The second-order valence-corrected chi connectivity index (χ2v) is 5.96. The number of nitrogens with zero attached hydrogens (tertiary/aromatic N) is 1. The zero-order valence-corrected chi connectivity index (χ0v) is 15.2. The summed E-state index contributed by atoms with van der Waals surface area (Å²) in [5, 5.41) is 2.84. The van der Waals surface area contributed by atoms with Gasteiger partial charge in [0, 0.05) is 19.5 Å². The predicted octanol–water partition coefficient (Wildman–Crippen LogP) is 4.39. The van der Waals surface area contributed by atoms with Crippen molar-refractivity contribution in [2.24, 2.45) is 0 Å². The number of amides is 1. The maximum Gasteiger partial charge on any atom is 0.408 e. The van der Waals surface area contributed by atoms with Gasteiger partial charge in [0.05, 0.1) is 0 Å². The second-order valence-electron chi connectivity index (χ2n) is 5.96. The van der Waals surface area contributed by atoms with E-state index in [1.807, 2.05) is 60.7 Å². The van der Waals surface area contributed by atoms with E-state index < -0.39 is 0 Å². The predicted molar refractivity (Wildman–Crippen MR) is 101 cm³/mol. The van der Waals surface area contributed by atoms with Crippen LogP contribution in [0.25, 0.3) is 0 Å². The Bertz CT molecular complexity index is 612. The van der Waals surface area contributed by atoms with E-state index in [1.54, 1.807) is 0 Å². The van der Waals surface area contributed by atoms with E-state index in [2.05, 4.69) is 24.1 Å². The summed E-state index contributed by atoms with van der Waals surface area (Å²) >= 11 is 0. The van der Waals surface area contributed by atoms with Gasteiger partial charge in [-0.2, -0.15) is 0 Å². The van der Waals surface area contributed by atoms with Gasteiger partial charge in [-0.15, -0.1) is 0 Å². The van der Waals surface area contributed by atoms with Crippen LogP contribution in [0.2, 0.25) is 0 Å². The van der Waals surface area contributed by atoms with Crippen LogP contribution < -0.4 is 5.32 Å². The number of nitrogens with one attached hydrogen (secondary N) is 1. The van der Waals surface area contributed by atoms with Gasteiger partial charge < -0.3 is 15.0 Å². The largest absolute Gasteiger partial charge is 0.441 e. The average molecular weight is 340 g/mol. The molecule has 0 heterocycles. The van der Waals surface area contributed by atoms with E-state index in [-0.39, 0.29) is 12.2 Å². The molecule has 1 amide bonds. The van der Waals surface area contributed by atoms with E-state index in [0.717, 1.165) is 37.2 Å². The highest BCUT2D eigenvalue weighted by Crippen LogP contribution is 2.21. The molecule has 1 atom stereocenters. The SMILES string of the molecule is CCN(CC)CCC(OC(=O)NCc1ccccc1)c1ccccc1. The summed E-state index contributed by atoms with van der Waals surface area (Å²) in [5.41, 5.74) is 2.09. The molecular formula is C21H28N2O2. The molecule has 134 valence electrons. The van der Waals surface area contributed by atoms with Crippen LogP contribution in [0.5, 0.6) is 0 Å². The zero-order valence-electron chi connectivity index (χ0n) is 15.2. The lowest BCUT2D eigenvalue weighted by atomic mass is 10.1. The third kappa shape index (κ3) is 6.59. The summed E-state index contributed by atoms with van der Waals surface area (Å²) in [7, 11) is 0. The quantitative estimate of drug-likeness (QED) is 0.736. The lowest BCUT2D eigenvalue weighted by Crippen LogP contribution is -2.29. The number of benzene rings is 2. The van der Waals surface area contributed by atoms with Crippen LogP contribution in [0.15, 0.2) is 60.7 Å². The van der Waals surface area contributed by atoms with E-state index in [9.17, 15) is 4.79 Å². The Morgan fingerprint density at radius 2 is 1.60 bits per heavy atom. The first-order valence-electron chi connectivity index (χ1n) is 8.98. The van der Waals surface area contributed by atoms with E-state index in [0.29, 0.717) is 6.54 Å². The van der Waals surface area contributed by atoms with Gasteiger partial charge in [0.1, 0.15) is 6.10 Å². The molecule has 4 nitrogen and oxygen atoms in total. The van der Waals surface area contributed by atoms with Crippen molar-refractivity contribution in [2.45, 2.75) is 32.9 Å². The molecule has 0 bridgehead atoms. The molecule has 0 spiro atoms. The molecule has 0 fully saturated rings. The molecule has 2 aromatic carbocycles. The molecule has 2 aromatic rings. The third-order valence-electron chi connectivity index (χ3n) is 4.30. The minimum atomic E-state index is -0.378. The van der Waals surface area contributed by atoms with Gasteiger partial charge in [-0.3, -0.25) is 0 Å². The number of rotatable bonds is 9. The Kier molecular flexibility index (Phi) is 7.99. The number of hydrogen-bond donors (Lipinski definition) is 1. The first-order chi connectivity index (χ1) is 12.2. The van der Waals surface area contributed by atoms with Gasteiger partial charge in [-0.1, -0.05) is 74.5 Å². The monoisotopic (exact) mass is 340 g/mol. The maximum atomic E-state index is 12.2. The van der Waals surface area contributed by atoms with E-state index >= 15 is 0 Å². The number of ether oxygens (including phenoxy) is 1. The maximum absolute atomic E-state index is 12.2. The van der Waals surface area contributed by atoms with E-state index in [4.69, 9.17) is 4.74 Å². The van der Waals surface area contributed by atoms with Gasteiger partial charge in [0.2, 0.25) is 0 Å². The molecule has 2 rings (SSSR count). The highest BCUT2D eigenvalue weighted by atomic mass is 16.6. The van der Waals surface area contributed by atoms with Gasteiger partial charge in [-0.25, -0.2) is 4.79 Å². The lowest BCUT2D eigenvalue weighted by molar-refractivity contribution is 0.0845. The van der Waals surface area contributed by atoms with Crippen LogP contribution in [0.3, 0.4) is 0 Å². The number of hydrogen-bond acceptors (Lipinski definition) is 3. The number of carbonyl (C=O) groups excluding carboxylic acids is 1. The Labute approximate surface area is 150 Å². The molecule has 25 heavy (non-hydrogen) atoms. The molecule has 0 aromatic heterocycles. The molecule has 0 aliphatic rings. The Morgan fingerprint density at radius 3 is 2.20 bits per heavy atom. The molecule has 0 saturated carbocycles. The third-order valence-corrected chi connectivity index (χ3v) is 4.30. The molecule has 0 saturated heterocycles. The summed E-state index contributed by atoms with van der Waals surface area (Å²) in [6.45, 7) is 7.66. The fourth-order valence-electron chi connectivity index (χ4n) is 2.74. The van der Waals surface area contributed by atoms with Crippen molar-refractivity contribution in [1.29, 1.82) is 0 Å². The highest BCUT2D eigenvalue weighted by molar-refractivity contribution is 5.67. The summed E-state index contributed by atoms with van der Waals surface area (Å²) in [4.78, 5) is 14.6. The summed E-state index contributed by atoms with van der Waals surface area (Å²) in [6.07, 6.45) is 0.166. The van der Waals surface area contributed by atoms with Crippen LogP contribution in [0, 0.1) is 0 Å². The summed E-state index contributed by atoms with van der Waals surface area (Å²) in [5.74, 6) is 0. The highest BCUT2D eigenvalue weighted by Gasteiger charge is 2.17. The Morgan fingerprint density at radius 1 is 1.00 bits per heavy atom. The minimum absolute atomic E-state index is 0.238. The van der Waals surface area contributed by atoms with Crippen molar-refractivity contribution in [3.8, 4) is 0 Å². The van der Waals surface area contributed by atoms with Gasteiger partial charge >= 0.3 is 6.09 Å². The molecule has 0 aliphatic carbocycles. The van der Waals surface area contributed by atoms with Crippen LogP contribution >= 0.6 is 0 Å². The standard InChI is InChI=1S/C21H28N2O2/c1-3-23(4-2)16-15-20(19-13-9-6-10-14-19)25-21(24)22-17-18-11-7-5-8-12-18/h5-14,20H,3-4,15-17H2,1-2H3,(H,22,24). The van der Waals surface area contributed by atoms with Crippen LogP contribution in [-0.2, 0) is 11.3 Å². The lowest BCUT2D eigenvalue weighted by Gasteiger charge is -2.23.